The predicted molar refractivity (Wildman–Crippen MR) is 61.7 cm³/mol. The molecule has 2 heterocycles. The molecule has 3 unspecified atom stereocenters. The minimum Gasteiger partial charge on any atom is -0.374 e. The van der Waals surface area contributed by atoms with Gasteiger partial charge in [-0.25, -0.2) is 0 Å². The minimum absolute atomic E-state index is 0.150. The van der Waals surface area contributed by atoms with Crippen LogP contribution in [0.25, 0.3) is 0 Å². The Morgan fingerprint density at radius 3 is 3.00 bits per heavy atom. The fourth-order valence-electron chi connectivity index (χ4n) is 3.11. The zero-order chi connectivity index (χ0) is 11.7. The molecule has 0 aromatic heterocycles. The second kappa shape index (κ2) is 4.92. The molecule has 3 rings (SSSR count). The summed E-state index contributed by atoms with van der Waals surface area (Å²) in [4.78, 5) is 14.4. The first-order valence-corrected chi connectivity index (χ1v) is 6.60. The van der Waals surface area contributed by atoms with Crippen molar-refractivity contribution in [2.24, 2.45) is 0 Å². The van der Waals surface area contributed by atoms with Crippen LogP contribution in [0.15, 0.2) is 0 Å². The van der Waals surface area contributed by atoms with E-state index >= 15 is 0 Å². The van der Waals surface area contributed by atoms with Crippen molar-refractivity contribution in [2.45, 2.75) is 37.5 Å². The van der Waals surface area contributed by atoms with Gasteiger partial charge in [0.25, 0.3) is 5.91 Å². The number of hydrogen-bond donors (Lipinski definition) is 1. The third kappa shape index (κ3) is 2.19. The lowest BCUT2D eigenvalue weighted by Gasteiger charge is -2.40. The molecule has 3 atom stereocenters. The Hall–Kier alpha value is -0.650. The summed E-state index contributed by atoms with van der Waals surface area (Å²) >= 11 is 0. The highest BCUT2D eigenvalue weighted by Gasteiger charge is 2.40. The van der Waals surface area contributed by atoms with Crippen LogP contribution < -0.4 is 5.32 Å². The Bertz CT molecular complexity index is 291. The number of morpholine rings is 2. The third-order valence-electron chi connectivity index (χ3n) is 3.97. The molecular weight excluding hydrogens is 220 g/mol. The predicted octanol–water partition coefficient (Wildman–Crippen LogP) is -0.245. The minimum atomic E-state index is -0.289. The number of carbonyl (C=O) groups is 1. The average molecular weight is 240 g/mol. The first-order valence-electron chi connectivity index (χ1n) is 6.60. The number of carbonyl (C=O) groups excluding carboxylic acids is 1. The van der Waals surface area contributed by atoms with Crippen molar-refractivity contribution in [2.75, 3.05) is 32.8 Å². The van der Waals surface area contributed by atoms with Crippen LogP contribution in [0, 0.1) is 0 Å². The molecule has 0 aromatic carbocycles. The molecule has 5 nitrogen and oxygen atoms in total. The fraction of sp³-hybridized carbons (Fsp3) is 0.917. The van der Waals surface area contributed by atoms with Gasteiger partial charge in [0.15, 0.2) is 0 Å². The van der Waals surface area contributed by atoms with Crippen LogP contribution in [-0.2, 0) is 14.3 Å². The lowest BCUT2D eigenvalue weighted by atomic mass is 10.1. The van der Waals surface area contributed by atoms with Crippen LogP contribution in [0.3, 0.4) is 0 Å². The van der Waals surface area contributed by atoms with E-state index in [2.05, 4.69) is 5.32 Å². The molecule has 0 bridgehead atoms. The van der Waals surface area contributed by atoms with Crippen LogP contribution in [-0.4, -0.2) is 61.9 Å². The van der Waals surface area contributed by atoms with Crippen molar-refractivity contribution in [1.29, 1.82) is 0 Å². The van der Waals surface area contributed by atoms with E-state index < -0.39 is 0 Å². The summed E-state index contributed by atoms with van der Waals surface area (Å²) in [6, 6.07) is 0.293. The SMILES string of the molecule is O=C(C1CNCCO1)N1CCOC2CCCC21. The lowest BCUT2D eigenvalue weighted by Crippen LogP contribution is -2.57. The Morgan fingerprint density at radius 1 is 1.24 bits per heavy atom. The molecule has 0 aromatic rings. The smallest absolute Gasteiger partial charge is 0.253 e. The van der Waals surface area contributed by atoms with Crippen molar-refractivity contribution >= 4 is 5.91 Å². The van der Waals surface area contributed by atoms with E-state index in [0.717, 1.165) is 25.9 Å². The monoisotopic (exact) mass is 240 g/mol. The number of nitrogens with one attached hydrogen (secondary N) is 1. The summed E-state index contributed by atoms with van der Waals surface area (Å²) in [5.41, 5.74) is 0. The van der Waals surface area contributed by atoms with Gasteiger partial charge in [-0.05, 0) is 19.3 Å². The van der Waals surface area contributed by atoms with E-state index in [1.54, 1.807) is 0 Å². The van der Waals surface area contributed by atoms with E-state index in [1.807, 2.05) is 4.90 Å². The number of ether oxygens (including phenoxy) is 2. The van der Waals surface area contributed by atoms with Gasteiger partial charge in [-0.2, -0.15) is 0 Å². The second-order valence-electron chi connectivity index (χ2n) is 5.00. The van der Waals surface area contributed by atoms with Gasteiger partial charge in [0.2, 0.25) is 0 Å². The fourth-order valence-corrected chi connectivity index (χ4v) is 3.11. The molecule has 0 radical (unpaired) electrons. The van der Waals surface area contributed by atoms with Gasteiger partial charge in [-0.1, -0.05) is 0 Å². The summed E-state index contributed by atoms with van der Waals surface area (Å²) in [5.74, 6) is 0.150. The van der Waals surface area contributed by atoms with E-state index in [4.69, 9.17) is 9.47 Å². The second-order valence-corrected chi connectivity index (χ2v) is 5.00. The van der Waals surface area contributed by atoms with E-state index in [0.29, 0.717) is 25.8 Å². The number of fused-ring (bicyclic) bond motifs is 1. The molecule has 3 aliphatic rings. The van der Waals surface area contributed by atoms with E-state index in [1.165, 1.54) is 6.42 Å². The van der Waals surface area contributed by atoms with Crippen molar-refractivity contribution in [3.8, 4) is 0 Å². The van der Waals surface area contributed by atoms with Gasteiger partial charge in [-0.3, -0.25) is 4.79 Å². The maximum absolute atomic E-state index is 12.4. The van der Waals surface area contributed by atoms with Gasteiger partial charge in [0, 0.05) is 19.6 Å². The molecule has 2 saturated heterocycles. The summed E-state index contributed by atoms with van der Waals surface area (Å²) in [6.45, 7) is 3.52. The summed E-state index contributed by atoms with van der Waals surface area (Å²) in [7, 11) is 0. The van der Waals surface area contributed by atoms with Crippen LogP contribution in [0.5, 0.6) is 0 Å². The van der Waals surface area contributed by atoms with Gasteiger partial charge >= 0.3 is 0 Å². The van der Waals surface area contributed by atoms with Gasteiger partial charge < -0.3 is 19.7 Å². The molecule has 1 amide bonds. The standard InChI is InChI=1S/C12H20N2O3/c15-12(11-8-13-4-6-16-11)14-5-7-17-10-3-1-2-9(10)14/h9-11,13H,1-8H2. The molecule has 1 aliphatic carbocycles. The van der Waals surface area contributed by atoms with Crippen molar-refractivity contribution < 1.29 is 14.3 Å². The Kier molecular flexibility index (Phi) is 3.31. The average Bonchev–Trinajstić information content (AvgIpc) is 2.87. The van der Waals surface area contributed by atoms with Gasteiger partial charge in [-0.15, -0.1) is 0 Å². The topological polar surface area (TPSA) is 50.8 Å². The van der Waals surface area contributed by atoms with Crippen molar-refractivity contribution in [3.05, 3.63) is 0 Å². The first-order chi connectivity index (χ1) is 8.36. The van der Waals surface area contributed by atoms with E-state index in [9.17, 15) is 4.79 Å². The maximum atomic E-state index is 12.4. The summed E-state index contributed by atoms with van der Waals surface area (Å²) in [6.07, 6.45) is 3.32. The molecular formula is C12H20N2O3. The normalized spacial score (nSPS) is 37.9. The lowest BCUT2D eigenvalue weighted by molar-refractivity contribution is -0.157. The number of nitrogens with zero attached hydrogens (tertiary/aromatic N) is 1. The highest BCUT2D eigenvalue weighted by Crippen LogP contribution is 2.30. The molecule has 3 fully saturated rings. The zero-order valence-corrected chi connectivity index (χ0v) is 10.1. The molecule has 17 heavy (non-hydrogen) atoms. The molecule has 0 spiro atoms. The Balaban J connectivity index is 1.67. The number of hydrogen-bond acceptors (Lipinski definition) is 4. The summed E-state index contributed by atoms with van der Waals surface area (Å²) in [5, 5.41) is 3.21. The maximum Gasteiger partial charge on any atom is 0.253 e. The van der Waals surface area contributed by atoms with E-state index in [-0.39, 0.29) is 18.1 Å². The summed E-state index contributed by atoms with van der Waals surface area (Å²) < 4.78 is 11.3. The molecule has 1 saturated carbocycles. The number of rotatable bonds is 1. The van der Waals surface area contributed by atoms with Crippen LogP contribution in [0.4, 0.5) is 0 Å². The van der Waals surface area contributed by atoms with Crippen LogP contribution in [0.2, 0.25) is 0 Å². The molecule has 5 heteroatoms. The van der Waals surface area contributed by atoms with Gasteiger partial charge in [0.05, 0.1) is 25.4 Å². The van der Waals surface area contributed by atoms with Crippen LogP contribution in [0.1, 0.15) is 19.3 Å². The highest BCUT2D eigenvalue weighted by molar-refractivity contribution is 5.81. The molecule has 1 N–H and O–H groups in total. The Labute approximate surface area is 101 Å². The highest BCUT2D eigenvalue weighted by atomic mass is 16.5. The first kappa shape index (κ1) is 11.4. The van der Waals surface area contributed by atoms with Crippen LogP contribution >= 0.6 is 0 Å². The quantitative estimate of drug-likeness (QED) is 0.687. The van der Waals surface area contributed by atoms with Crippen molar-refractivity contribution in [1.82, 2.24) is 10.2 Å². The zero-order valence-electron chi connectivity index (χ0n) is 10.1. The molecule has 96 valence electrons. The largest absolute Gasteiger partial charge is 0.374 e. The Morgan fingerprint density at radius 2 is 2.18 bits per heavy atom. The van der Waals surface area contributed by atoms with Gasteiger partial charge in [0.1, 0.15) is 6.10 Å². The number of amides is 1. The van der Waals surface area contributed by atoms with Crippen molar-refractivity contribution in [3.63, 3.8) is 0 Å². The third-order valence-corrected chi connectivity index (χ3v) is 3.97. The molecule has 2 aliphatic heterocycles.